The van der Waals surface area contributed by atoms with Gasteiger partial charge in [0.1, 0.15) is 0 Å². The summed E-state index contributed by atoms with van der Waals surface area (Å²) in [5, 5.41) is 0.787. The number of piperidine rings is 1. The molecule has 0 radical (unpaired) electrons. The summed E-state index contributed by atoms with van der Waals surface area (Å²) in [6, 6.07) is 8.73. The number of hydrogen-bond donors (Lipinski definition) is 1. The van der Waals surface area contributed by atoms with Gasteiger partial charge in [-0.25, -0.2) is 0 Å². The highest BCUT2D eigenvalue weighted by atomic mass is 35.5. The van der Waals surface area contributed by atoms with E-state index in [0.717, 1.165) is 18.0 Å². The number of benzene rings is 1. The first-order valence-corrected chi connectivity index (χ1v) is 8.18. The largest absolute Gasteiger partial charge is 0.329 e. The Morgan fingerprint density at radius 3 is 2.62 bits per heavy atom. The predicted molar refractivity (Wildman–Crippen MR) is 90.9 cm³/mol. The van der Waals surface area contributed by atoms with Crippen molar-refractivity contribution in [2.75, 3.05) is 33.7 Å². The maximum absolute atomic E-state index is 6.15. The molecule has 0 aliphatic carbocycles. The second-order valence-corrected chi connectivity index (χ2v) is 7.11. The zero-order valence-corrected chi connectivity index (χ0v) is 14.2. The summed E-state index contributed by atoms with van der Waals surface area (Å²) in [5.41, 5.74) is 7.42. The molecule has 1 aliphatic heterocycles. The summed E-state index contributed by atoms with van der Waals surface area (Å²) in [4.78, 5) is 4.92. The fourth-order valence-corrected chi connectivity index (χ4v) is 3.40. The third kappa shape index (κ3) is 4.19. The van der Waals surface area contributed by atoms with Crippen LogP contribution in [0.2, 0.25) is 5.02 Å². The molecule has 3 nitrogen and oxygen atoms in total. The van der Waals surface area contributed by atoms with E-state index in [2.05, 4.69) is 43.0 Å². The van der Waals surface area contributed by atoms with Gasteiger partial charge >= 0.3 is 0 Å². The SMILES string of the molecule is CN1CCCC(N(C)C(C)(CN)Cc2ccc(Cl)cc2)C1. The van der Waals surface area contributed by atoms with Crippen molar-refractivity contribution in [3.05, 3.63) is 34.9 Å². The van der Waals surface area contributed by atoms with E-state index in [0.29, 0.717) is 12.6 Å². The van der Waals surface area contributed by atoms with Crippen molar-refractivity contribution < 1.29 is 0 Å². The van der Waals surface area contributed by atoms with Gasteiger partial charge < -0.3 is 10.6 Å². The Hall–Kier alpha value is -0.610. The minimum absolute atomic E-state index is 0.0172. The zero-order chi connectivity index (χ0) is 15.5. The molecule has 1 aliphatic rings. The molecule has 118 valence electrons. The number of hydrogen-bond acceptors (Lipinski definition) is 3. The first kappa shape index (κ1) is 16.8. The maximum Gasteiger partial charge on any atom is 0.0406 e. The lowest BCUT2D eigenvalue weighted by molar-refractivity contribution is 0.0488. The van der Waals surface area contributed by atoms with Crippen LogP contribution in [0, 0.1) is 0 Å². The van der Waals surface area contributed by atoms with Crippen LogP contribution in [-0.2, 0) is 6.42 Å². The van der Waals surface area contributed by atoms with Gasteiger partial charge in [-0.15, -0.1) is 0 Å². The van der Waals surface area contributed by atoms with Crippen LogP contribution in [-0.4, -0.2) is 55.1 Å². The van der Waals surface area contributed by atoms with Gasteiger partial charge in [0, 0.05) is 29.7 Å². The summed E-state index contributed by atoms with van der Waals surface area (Å²) < 4.78 is 0. The maximum atomic E-state index is 6.15. The molecule has 0 aromatic heterocycles. The third-order valence-corrected chi connectivity index (χ3v) is 5.19. The minimum Gasteiger partial charge on any atom is -0.329 e. The van der Waals surface area contributed by atoms with E-state index < -0.39 is 0 Å². The number of likely N-dealkylation sites (N-methyl/N-ethyl adjacent to an activating group) is 2. The van der Waals surface area contributed by atoms with Gasteiger partial charge in [-0.3, -0.25) is 4.90 Å². The molecule has 0 spiro atoms. The summed E-state index contributed by atoms with van der Waals surface area (Å²) >= 11 is 5.98. The molecule has 0 bridgehead atoms. The Bertz CT molecular complexity index is 448. The van der Waals surface area contributed by atoms with E-state index in [1.807, 2.05) is 12.1 Å². The molecule has 1 aromatic rings. The topological polar surface area (TPSA) is 32.5 Å². The molecule has 0 saturated carbocycles. The van der Waals surface area contributed by atoms with Crippen molar-refractivity contribution in [3.8, 4) is 0 Å². The fourth-order valence-electron chi connectivity index (χ4n) is 3.28. The predicted octanol–water partition coefficient (Wildman–Crippen LogP) is 2.63. The van der Waals surface area contributed by atoms with E-state index in [1.165, 1.54) is 24.9 Å². The van der Waals surface area contributed by atoms with Crippen LogP contribution in [0.25, 0.3) is 0 Å². The molecule has 1 aromatic carbocycles. The van der Waals surface area contributed by atoms with Gasteiger partial charge in [0.05, 0.1) is 0 Å². The van der Waals surface area contributed by atoms with Crippen molar-refractivity contribution in [1.29, 1.82) is 0 Å². The highest BCUT2D eigenvalue weighted by Gasteiger charge is 2.34. The number of rotatable bonds is 5. The van der Waals surface area contributed by atoms with E-state index in [-0.39, 0.29) is 5.54 Å². The van der Waals surface area contributed by atoms with Crippen molar-refractivity contribution in [1.82, 2.24) is 9.80 Å². The van der Waals surface area contributed by atoms with Crippen LogP contribution in [0.1, 0.15) is 25.3 Å². The highest BCUT2D eigenvalue weighted by Crippen LogP contribution is 2.25. The average Bonchev–Trinajstić information content (AvgIpc) is 2.48. The molecule has 2 atom stereocenters. The van der Waals surface area contributed by atoms with Crippen molar-refractivity contribution in [2.45, 2.75) is 37.8 Å². The third-order valence-electron chi connectivity index (χ3n) is 4.94. The molecular formula is C17H28ClN3. The Morgan fingerprint density at radius 1 is 1.38 bits per heavy atom. The van der Waals surface area contributed by atoms with Crippen LogP contribution in [0.4, 0.5) is 0 Å². The molecule has 1 saturated heterocycles. The summed E-state index contributed by atoms with van der Waals surface area (Å²) in [7, 11) is 4.44. The summed E-state index contributed by atoms with van der Waals surface area (Å²) in [6.45, 7) is 5.27. The summed E-state index contributed by atoms with van der Waals surface area (Å²) in [6.07, 6.45) is 3.49. The van der Waals surface area contributed by atoms with E-state index >= 15 is 0 Å². The first-order chi connectivity index (χ1) is 9.94. The molecular weight excluding hydrogens is 282 g/mol. The summed E-state index contributed by atoms with van der Waals surface area (Å²) in [5.74, 6) is 0. The fraction of sp³-hybridized carbons (Fsp3) is 0.647. The van der Waals surface area contributed by atoms with Gasteiger partial charge in [-0.1, -0.05) is 23.7 Å². The number of nitrogens with zero attached hydrogens (tertiary/aromatic N) is 2. The molecule has 2 N–H and O–H groups in total. The molecule has 21 heavy (non-hydrogen) atoms. The second-order valence-electron chi connectivity index (χ2n) is 6.67. The second kappa shape index (κ2) is 7.10. The van der Waals surface area contributed by atoms with Crippen LogP contribution in [0.15, 0.2) is 24.3 Å². The Balaban J connectivity index is 2.09. The van der Waals surface area contributed by atoms with Crippen LogP contribution in [0.5, 0.6) is 0 Å². The Labute approximate surface area is 134 Å². The lowest BCUT2D eigenvalue weighted by atomic mass is 9.88. The van der Waals surface area contributed by atoms with E-state index in [4.69, 9.17) is 17.3 Å². The van der Waals surface area contributed by atoms with E-state index in [9.17, 15) is 0 Å². The van der Waals surface area contributed by atoms with Gasteiger partial charge in [0.15, 0.2) is 0 Å². The van der Waals surface area contributed by atoms with Crippen LogP contribution < -0.4 is 5.73 Å². The highest BCUT2D eigenvalue weighted by molar-refractivity contribution is 6.30. The molecule has 4 heteroatoms. The normalized spacial score (nSPS) is 23.2. The molecule has 2 rings (SSSR count). The smallest absolute Gasteiger partial charge is 0.0406 e. The van der Waals surface area contributed by atoms with Crippen LogP contribution >= 0.6 is 11.6 Å². The van der Waals surface area contributed by atoms with Gasteiger partial charge in [0.25, 0.3) is 0 Å². The Morgan fingerprint density at radius 2 is 2.05 bits per heavy atom. The standard InChI is InChI=1S/C17H28ClN3/c1-17(13-19,11-14-6-8-15(18)9-7-14)21(3)16-5-4-10-20(2)12-16/h6-9,16H,4-5,10-13,19H2,1-3H3. The van der Waals surface area contributed by atoms with Crippen molar-refractivity contribution >= 4 is 11.6 Å². The monoisotopic (exact) mass is 309 g/mol. The van der Waals surface area contributed by atoms with Gasteiger partial charge in [-0.05, 0) is 64.5 Å². The van der Waals surface area contributed by atoms with Crippen molar-refractivity contribution in [3.63, 3.8) is 0 Å². The molecule has 1 fully saturated rings. The van der Waals surface area contributed by atoms with Crippen LogP contribution in [0.3, 0.4) is 0 Å². The number of likely N-dealkylation sites (tertiary alicyclic amines) is 1. The zero-order valence-electron chi connectivity index (χ0n) is 13.5. The van der Waals surface area contributed by atoms with Gasteiger partial charge in [0.2, 0.25) is 0 Å². The first-order valence-electron chi connectivity index (χ1n) is 7.80. The quantitative estimate of drug-likeness (QED) is 0.907. The van der Waals surface area contributed by atoms with E-state index in [1.54, 1.807) is 0 Å². The number of halogens is 1. The lowest BCUT2D eigenvalue weighted by Crippen LogP contribution is -2.58. The minimum atomic E-state index is -0.0172. The molecule has 2 unspecified atom stereocenters. The molecule has 0 amide bonds. The molecule has 1 heterocycles. The Kier molecular flexibility index (Phi) is 5.67. The average molecular weight is 310 g/mol. The van der Waals surface area contributed by atoms with Gasteiger partial charge in [-0.2, -0.15) is 0 Å². The lowest BCUT2D eigenvalue weighted by Gasteiger charge is -2.46. The number of nitrogens with two attached hydrogens (primary N) is 1. The van der Waals surface area contributed by atoms with Crippen molar-refractivity contribution in [2.24, 2.45) is 5.73 Å².